The van der Waals surface area contributed by atoms with E-state index in [1.165, 1.54) is 18.2 Å². The van der Waals surface area contributed by atoms with Gasteiger partial charge in [0.25, 0.3) is 0 Å². The van der Waals surface area contributed by atoms with Crippen molar-refractivity contribution in [1.29, 1.82) is 5.26 Å². The summed E-state index contributed by atoms with van der Waals surface area (Å²) in [4.78, 5) is 18.2. The molecule has 142 valence electrons. The van der Waals surface area contributed by atoms with Crippen LogP contribution in [-0.2, 0) is 14.8 Å². The molecule has 0 bridgehead atoms. The summed E-state index contributed by atoms with van der Waals surface area (Å²) >= 11 is 0. The summed E-state index contributed by atoms with van der Waals surface area (Å²) in [6.07, 6.45) is 0. The molecule has 0 saturated carbocycles. The quantitative estimate of drug-likeness (QED) is 0.756. The second kappa shape index (κ2) is 8.49. The van der Waals surface area contributed by atoms with Crippen molar-refractivity contribution >= 4 is 21.6 Å². The molecule has 2 N–H and O–H groups in total. The van der Waals surface area contributed by atoms with Gasteiger partial charge in [0, 0.05) is 26.2 Å². The fourth-order valence-electron chi connectivity index (χ4n) is 2.98. The summed E-state index contributed by atoms with van der Waals surface area (Å²) < 4.78 is 23.2. The molecule has 0 radical (unpaired) electrons. The van der Waals surface area contributed by atoms with E-state index in [0.717, 1.165) is 13.1 Å². The molecular formula is C17H25N5O3S. The van der Waals surface area contributed by atoms with E-state index in [2.05, 4.69) is 11.0 Å². The average molecular weight is 379 g/mol. The van der Waals surface area contributed by atoms with Crippen molar-refractivity contribution in [2.75, 3.05) is 50.7 Å². The summed E-state index contributed by atoms with van der Waals surface area (Å²) in [6, 6.07) is 6.31. The van der Waals surface area contributed by atoms with Crippen molar-refractivity contribution in [2.45, 2.75) is 18.7 Å². The Morgan fingerprint density at radius 2 is 1.85 bits per heavy atom. The largest absolute Gasteiger partial charge is 0.367 e. The number of nitrogens with zero attached hydrogens (tertiary/aromatic N) is 4. The molecule has 0 spiro atoms. The Labute approximate surface area is 154 Å². The van der Waals surface area contributed by atoms with E-state index in [1.54, 1.807) is 0 Å². The molecule has 1 amide bonds. The van der Waals surface area contributed by atoms with E-state index < -0.39 is 10.0 Å². The Bertz CT molecular complexity index is 791. The number of rotatable bonds is 6. The number of nitriles is 1. The highest BCUT2D eigenvalue weighted by Gasteiger charge is 2.24. The fraction of sp³-hybridized carbons (Fsp3) is 0.529. The summed E-state index contributed by atoms with van der Waals surface area (Å²) in [6.45, 7) is 8.24. The number of likely N-dealkylation sites (N-methyl/N-ethyl adjacent to an activating group) is 1. The van der Waals surface area contributed by atoms with Gasteiger partial charge in [-0.1, -0.05) is 13.8 Å². The van der Waals surface area contributed by atoms with Crippen LogP contribution in [0.15, 0.2) is 23.1 Å². The number of carbonyl (C=O) groups is 1. The molecule has 9 heteroatoms. The second-order valence-corrected chi connectivity index (χ2v) is 7.73. The number of hydrogen-bond acceptors (Lipinski definition) is 6. The molecule has 0 unspecified atom stereocenters. The van der Waals surface area contributed by atoms with Gasteiger partial charge < -0.3 is 9.80 Å². The molecule has 0 atom stereocenters. The van der Waals surface area contributed by atoms with Crippen LogP contribution >= 0.6 is 0 Å². The number of primary sulfonamides is 1. The Morgan fingerprint density at radius 1 is 1.23 bits per heavy atom. The summed E-state index contributed by atoms with van der Waals surface area (Å²) in [5, 5.41) is 14.5. The number of amides is 1. The third kappa shape index (κ3) is 4.72. The Balaban J connectivity index is 2.10. The minimum atomic E-state index is -3.84. The molecule has 8 nitrogen and oxygen atoms in total. The Kier molecular flexibility index (Phi) is 6.58. The smallest absolute Gasteiger partial charge is 0.238 e. The van der Waals surface area contributed by atoms with Crippen LogP contribution in [-0.4, -0.2) is 69.9 Å². The predicted octanol–water partition coefficient (Wildman–Crippen LogP) is 0.196. The van der Waals surface area contributed by atoms with E-state index in [-0.39, 0.29) is 10.8 Å². The molecule has 1 aromatic rings. The van der Waals surface area contributed by atoms with Crippen LogP contribution in [0.25, 0.3) is 0 Å². The van der Waals surface area contributed by atoms with Gasteiger partial charge in [-0.15, -0.1) is 0 Å². The highest BCUT2D eigenvalue weighted by Crippen LogP contribution is 2.25. The van der Waals surface area contributed by atoms with Crippen molar-refractivity contribution in [1.82, 2.24) is 9.80 Å². The van der Waals surface area contributed by atoms with Gasteiger partial charge in [0.15, 0.2) is 0 Å². The Hall–Kier alpha value is -2.15. The number of nitrogens with two attached hydrogens (primary N) is 1. The van der Waals surface area contributed by atoms with Gasteiger partial charge in [0.1, 0.15) is 6.07 Å². The highest BCUT2D eigenvalue weighted by molar-refractivity contribution is 7.89. The monoisotopic (exact) mass is 379 g/mol. The van der Waals surface area contributed by atoms with E-state index >= 15 is 0 Å². The van der Waals surface area contributed by atoms with Crippen molar-refractivity contribution in [2.24, 2.45) is 5.14 Å². The highest BCUT2D eigenvalue weighted by atomic mass is 32.2. The van der Waals surface area contributed by atoms with Crippen LogP contribution in [0.1, 0.15) is 19.4 Å². The zero-order valence-electron chi connectivity index (χ0n) is 15.2. The molecule has 1 aromatic carbocycles. The SMILES string of the molecule is CCN(CC)CC(=O)N1CCN(c2cc(S(N)(=O)=O)ccc2C#N)CC1. The van der Waals surface area contributed by atoms with Crippen LogP contribution < -0.4 is 10.0 Å². The van der Waals surface area contributed by atoms with Crippen molar-refractivity contribution < 1.29 is 13.2 Å². The van der Waals surface area contributed by atoms with Crippen molar-refractivity contribution in [3.8, 4) is 6.07 Å². The predicted molar refractivity (Wildman–Crippen MR) is 99.1 cm³/mol. The molecule has 26 heavy (non-hydrogen) atoms. The number of sulfonamides is 1. The first-order valence-corrected chi connectivity index (χ1v) is 10.2. The average Bonchev–Trinajstić information content (AvgIpc) is 2.64. The lowest BCUT2D eigenvalue weighted by molar-refractivity contribution is -0.132. The molecule has 2 rings (SSSR count). The molecule has 1 fully saturated rings. The zero-order chi connectivity index (χ0) is 19.3. The minimum absolute atomic E-state index is 0.0217. The minimum Gasteiger partial charge on any atom is -0.367 e. The van der Waals surface area contributed by atoms with E-state index in [9.17, 15) is 18.5 Å². The van der Waals surface area contributed by atoms with Gasteiger partial charge in [0.05, 0.1) is 22.7 Å². The number of hydrogen-bond donors (Lipinski definition) is 1. The maximum absolute atomic E-state index is 12.4. The lowest BCUT2D eigenvalue weighted by Crippen LogP contribution is -2.51. The van der Waals surface area contributed by atoms with Gasteiger partial charge in [-0.2, -0.15) is 5.26 Å². The van der Waals surface area contributed by atoms with Gasteiger partial charge in [0.2, 0.25) is 15.9 Å². The first kappa shape index (κ1) is 20.2. The van der Waals surface area contributed by atoms with Gasteiger partial charge >= 0.3 is 0 Å². The van der Waals surface area contributed by atoms with Crippen molar-refractivity contribution in [3.05, 3.63) is 23.8 Å². The Morgan fingerprint density at radius 3 is 2.35 bits per heavy atom. The van der Waals surface area contributed by atoms with Crippen LogP contribution in [0.3, 0.4) is 0 Å². The summed E-state index contributed by atoms with van der Waals surface area (Å²) in [5.74, 6) is 0.0899. The number of piperazine rings is 1. The van der Waals surface area contributed by atoms with Crippen LogP contribution in [0.2, 0.25) is 0 Å². The molecule has 1 heterocycles. The van der Waals surface area contributed by atoms with Gasteiger partial charge in [-0.3, -0.25) is 9.69 Å². The van der Waals surface area contributed by atoms with Crippen LogP contribution in [0, 0.1) is 11.3 Å². The third-order valence-electron chi connectivity index (χ3n) is 4.64. The number of anilines is 1. The normalized spacial score (nSPS) is 15.2. The summed E-state index contributed by atoms with van der Waals surface area (Å²) in [5.41, 5.74) is 0.926. The molecule has 0 aromatic heterocycles. The third-order valence-corrected chi connectivity index (χ3v) is 5.56. The molecule has 1 aliphatic heterocycles. The van der Waals surface area contributed by atoms with E-state index in [0.29, 0.717) is 44.0 Å². The first-order valence-electron chi connectivity index (χ1n) is 8.62. The van der Waals surface area contributed by atoms with Crippen LogP contribution in [0.4, 0.5) is 5.69 Å². The number of carbonyl (C=O) groups excluding carboxylic acids is 1. The lowest BCUT2D eigenvalue weighted by Gasteiger charge is -2.37. The van der Waals surface area contributed by atoms with Gasteiger partial charge in [-0.05, 0) is 31.3 Å². The second-order valence-electron chi connectivity index (χ2n) is 6.16. The fourth-order valence-corrected chi connectivity index (χ4v) is 3.51. The maximum atomic E-state index is 12.4. The molecular weight excluding hydrogens is 354 g/mol. The van der Waals surface area contributed by atoms with Crippen LogP contribution in [0.5, 0.6) is 0 Å². The van der Waals surface area contributed by atoms with E-state index in [4.69, 9.17) is 5.14 Å². The van der Waals surface area contributed by atoms with E-state index in [1.807, 2.05) is 23.6 Å². The summed E-state index contributed by atoms with van der Waals surface area (Å²) in [7, 11) is -3.84. The zero-order valence-corrected chi connectivity index (χ0v) is 16.0. The molecule has 1 saturated heterocycles. The maximum Gasteiger partial charge on any atom is 0.238 e. The number of benzene rings is 1. The molecule has 1 aliphatic rings. The first-order chi connectivity index (χ1) is 12.3. The lowest BCUT2D eigenvalue weighted by atomic mass is 10.1. The van der Waals surface area contributed by atoms with Crippen molar-refractivity contribution in [3.63, 3.8) is 0 Å². The van der Waals surface area contributed by atoms with Gasteiger partial charge in [-0.25, -0.2) is 13.6 Å². The molecule has 0 aliphatic carbocycles. The topological polar surface area (TPSA) is 111 Å². The standard InChI is InChI=1S/C17H25N5O3S/c1-3-20(4-2)13-17(23)22-9-7-21(8-10-22)16-11-15(26(19,24)25)6-5-14(16)12-18/h5-6,11H,3-4,7-10,13H2,1-2H3,(H2,19,24,25).